The van der Waals surface area contributed by atoms with E-state index in [1.54, 1.807) is 41.3 Å². The quantitative estimate of drug-likeness (QED) is 0.791. The van der Waals surface area contributed by atoms with Crippen LogP contribution in [0.2, 0.25) is 5.02 Å². The fourth-order valence-electron chi connectivity index (χ4n) is 1.28. The highest BCUT2D eigenvalue weighted by molar-refractivity contribution is 6.31. The summed E-state index contributed by atoms with van der Waals surface area (Å²) in [5.74, 6) is -0.196. The van der Waals surface area contributed by atoms with Gasteiger partial charge in [-0.3, -0.25) is 4.79 Å². The molecule has 0 fully saturated rings. The first-order chi connectivity index (χ1) is 7.75. The molecule has 1 aromatic carbocycles. The molecule has 1 amide bonds. The average Bonchev–Trinajstić information content (AvgIpc) is 2.30. The Labute approximate surface area is 98.3 Å². The molecule has 1 heterocycles. The van der Waals surface area contributed by atoms with Crippen LogP contribution in [0.25, 0.3) is 0 Å². The van der Waals surface area contributed by atoms with Crippen molar-refractivity contribution in [3.05, 3.63) is 65.4 Å². The molecule has 0 unspecified atom stereocenters. The summed E-state index contributed by atoms with van der Waals surface area (Å²) in [4.78, 5) is 11.8. The summed E-state index contributed by atoms with van der Waals surface area (Å²) in [6, 6.07) is 12.4. The predicted octanol–water partition coefficient (Wildman–Crippen LogP) is 2.01. The van der Waals surface area contributed by atoms with E-state index in [1.165, 1.54) is 0 Å². The Balaban J connectivity index is 2.15. The lowest BCUT2D eigenvalue weighted by atomic mass is 10.2. The summed E-state index contributed by atoms with van der Waals surface area (Å²) in [6.07, 6.45) is 3.50. The van der Waals surface area contributed by atoms with Crippen LogP contribution in [0.4, 0.5) is 0 Å². The zero-order chi connectivity index (χ0) is 11.4. The number of pyridine rings is 1. The van der Waals surface area contributed by atoms with Gasteiger partial charge in [-0.15, -0.1) is 5.43 Å². The number of carbonyl (C=O) groups excluding carboxylic acids is 1. The van der Waals surface area contributed by atoms with Gasteiger partial charge in [-0.05, 0) is 18.2 Å². The summed E-state index contributed by atoms with van der Waals surface area (Å²) < 4.78 is 1.59. The van der Waals surface area contributed by atoms with Gasteiger partial charge in [0.15, 0.2) is 12.4 Å². The molecule has 0 spiro atoms. The Morgan fingerprint density at radius 3 is 2.56 bits per heavy atom. The zero-order valence-corrected chi connectivity index (χ0v) is 9.19. The molecule has 4 heteroatoms. The number of nitrogens with one attached hydrogen (secondary N) is 1. The fraction of sp³-hybridized carbons (Fsp3) is 0. The number of nitrogens with zero attached hydrogens (tertiary/aromatic N) is 1. The van der Waals surface area contributed by atoms with Gasteiger partial charge in [0.2, 0.25) is 0 Å². The first-order valence-electron chi connectivity index (χ1n) is 4.79. The third-order valence-electron chi connectivity index (χ3n) is 2.03. The number of rotatable bonds is 2. The van der Waals surface area contributed by atoms with Crippen LogP contribution in [-0.4, -0.2) is 5.91 Å². The molecule has 1 N–H and O–H groups in total. The predicted molar refractivity (Wildman–Crippen MR) is 61.8 cm³/mol. The molecule has 2 rings (SSSR count). The van der Waals surface area contributed by atoms with E-state index in [-0.39, 0.29) is 5.91 Å². The van der Waals surface area contributed by atoms with Crippen molar-refractivity contribution >= 4 is 17.5 Å². The standard InChI is InChI=1S/C12H9ClN2O/c13-11-6-4-5-10(9-11)12(16)14-15-7-2-1-3-8-15/h1-9H/p+1. The normalized spacial score (nSPS) is 9.81. The third kappa shape index (κ3) is 2.58. The number of hydrogen-bond acceptors (Lipinski definition) is 1. The smallest absolute Gasteiger partial charge is 0.264 e. The molecule has 0 aliphatic heterocycles. The number of hydrogen-bond donors (Lipinski definition) is 1. The minimum Gasteiger partial charge on any atom is -0.264 e. The molecule has 0 radical (unpaired) electrons. The van der Waals surface area contributed by atoms with Gasteiger partial charge in [-0.2, -0.15) is 0 Å². The molecule has 0 aliphatic rings. The summed E-state index contributed by atoms with van der Waals surface area (Å²) in [5.41, 5.74) is 3.24. The minimum atomic E-state index is -0.196. The number of carbonyl (C=O) groups is 1. The highest BCUT2D eigenvalue weighted by Crippen LogP contribution is 2.10. The molecule has 0 atom stereocenters. The SMILES string of the molecule is O=C(N[n+]1ccccc1)c1cccc(Cl)c1. The molecule has 1 aromatic heterocycles. The number of aromatic nitrogens is 1. The molecule has 2 aromatic rings. The zero-order valence-electron chi connectivity index (χ0n) is 8.43. The van der Waals surface area contributed by atoms with Crippen molar-refractivity contribution in [3.63, 3.8) is 0 Å². The van der Waals surface area contributed by atoms with Crippen molar-refractivity contribution in [3.8, 4) is 0 Å². The van der Waals surface area contributed by atoms with E-state index < -0.39 is 0 Å². The van der Waals surface area contributed by atoms with E-state index in [1.807, 2.05) is 18.2 Å². The van der Waals surface area contributed by atoms with Crippen molar-refractivity contribution in [1.29, 1.82) is 0 Å². The highest BCUT2D eigenvalue weighted by Gasteiger charge is 2.09. The molecular formula is C12H10ClN2O+. The molecule has 0 aliphatic carbocycles. The van der Waals surface area contributed by atoms with Crippen LogP contribution in [0.15, 0.2) is 54.9 Å². The highest BCUT2D eigenvalue weighted by atomic mass is 35.5. The van der Waals surface area contributed by atoms with Crippen molar-refractivity contribution in [2.24, 2.45) is 0 Å². The van der Waals surface area contributed by atoms with E-state index in [0.717, 1.165) is 0 Å². The molecule has 0 saturated carbocycles. The van der Waals surface area contributed by atoms with Gasteiger partial charge >= 0.3 is 5.91 Å². The van der Waals surface area contributed by atoms with Gasteiger partial charge in [-0.25, -0.2) is 0 Å². The van der Waals surface area contributed by atoms with E-state index >= 15 is 0 Å². The van der Waals surface area contributed by atoms with E-state index in [4.69, 9.17) is 11.6 Å². The summed E-state index contributed by atoms with van der Waals surface area (Å²) in [7, 11) is 0. The largest absolute Gasteiger partial charge is 0.305 e. The second-order valence-electron chi connectivity index (χ2n) is 3.23. The van der Waals surface area contributed by atoms with Crippen LogP contribution >= 0.6 is 11.6 Å². The lowest BCUT2D eigenvalue weighted by Gasteiger charge is -1.99. The second-order valence-corrected chi connectivity index (χ2v) is 3.67. The van der Waals surface area contributed by atoms with Crippen LogP contribution in [0.3, 0.4) is 0 Å². The maximum Gasteiger partial charge on any atom is 0.305 e. The van der Waals surface area contributed by atoms with Gasteiger partial charge in [0.1, 0.15) is 0 Å². The number of halogens is 1. The van der Waals surface area contributed by atoms with Crippen molar-refractivity contribution in [1.82, 2.24) is 0 Å². The Morgan fingerprint density at radius 1 is 1.12 bits per heavy atom. The Hall–Kier alpha value is -1.87. The van der Waals surface area contributed by atoms with Gasteiger partial charge in [0, 0.05) is 22.7 Å². The third-order valence-corrected chi connectivity index (χ3v) is 2.27. The van der Waals surface area contributed by atoms with Crippen molar-refractivity contribution in [2.45, 2.75) is 0 Å². The molecule has 0 bridgehead atoms. The van der Waals surface area contributed by atoms with Crippen LogP contribution in [0, 0.1) is 0 Å². The maximum atomic E-state index is 11.8. The number of benzene rings is 1. The topological polar surface area (TPSA) is 33.0 Å². The number of amides is 1. The monoisotopic (exact) mass is 233 g/mol. The van der Waals surface area contributed by atoms with Crippen LogP contribution in [-0.2, 0) is 0 Å². The fourth-order valence-corrected chi connectivity index (χ4v) is 1.48. The molecule has 0 saturated heterocycles. The van der Waals surface area contributed by atoms with Crippen molar-refractivity contribution < 1.29 is 9.47 Å². The molecular weight excluding hydrogens is 224 g/mol. The van der Waals surface area contributed by atoms with E-state index in [2.05, 4.69) is 5.43 Å². The van der Waals surface area contributed by atoms with Gasteiger partial charge in [-0.1, -0.05) is 28.4 Å². The van der Waals surface area contributed by atoms with Crippen LogP contribution in [0.5, 0.6) is 0 Å². The Bertz CT molecular complexity index is 499. The average molecular weight is 234 g/mol. The van der Waals surface area contributed by atoms with E-state index in [0.29, 0.717) is 10.6 Å². The van der Waals surface area contributed by atoms with Gasteiger partial charge in [0.05, 0.1) is 0 Å². The summed E-state index contributed by atoms with van der Waals surface area (Å²) in [6.45, 7) is 0. The summed E-state index contributed by atoms with van der Waals surface area (Å²) >= 11 is 5.81. The van der Waals surface area contributed by atoms with Crippen molar-refractivity contribution in [2.75, 3.05) is 5.43 Å². The minimum absolute atomic E-state index is 0.196. The van der Waals surface area contributed by atoms with Gasteiger partial charge < -0.3 is 0 Å². The second kappa shape index (κ2) is 4.77. The lowest BCUT2D eigenvalue weighted by Crippen LogP contribution is -2.47. The first-order valence-corrected chi connectivity index (χ1v) is 5.17. The summed E-state index contributed by atoms with van der Waals surface area (Å²) in [5, 5.41) is 0.547. The molecule has 16 heavy (non-hydrogen) atoms. The Kier molecular flexibility index (Phi) is 3.17. The van der Waals surface area contributed by atoms with Gasteiger partial charge in [0.25, 0.3) is 0 Å². The van der Waals surface area contributed by atoms with E-state index in [9.17, 15) is 4.79 Å². The molecule has 3 nitrogen and oxygen atoms in total. The first kappa shape index (κ1) is 10.6. The Morgan fingerprint density at radius 2 is 1.88 bits per heavy atom. The van der Waals surface area contributed by atoms with Crippen LogP contribution < -0.4 is 10.1 Å². The molecule has 80 valence electrons. The van der Waals surface area contributed by atoms with Crippen LogP contribution in [0.1, 0.15) is 10.4 Å². The lowest BCUT2D eigenvalue weighted by molar-refractivity contribution is -0.641. The maximum absolute atomic E-state index is 11.8.